The van der Waals surface area contributed by atoms with Gasteiger partial charge in [0.1, 0.15) is 23.7 Å². The lowest BCUT2D eigenvalue weighted by molar-refractivity contribution is 0.644. The highest BCUT2D eigenvalue weighted by atomic mass is 33.1. The molecule has 0 amide bonds. The fourth-order valence-electron chi connectivity index (χ4n) is 3.13. The molecule has 30 heavy (non-hydrogen) atoms. The van der Waals surface area contributed by atoms with Gasteiger partial charge in [-0.1, -0.05) is 21.6 Å². The summed E-state index contributed by atoms with van der Waals surface area (Å²) < 4.78 is 4.09. The second kappa shape index (κ2) is 9.94. The predicted molar refractivity (Wildman–Crippen MR) is 123 cm³/mol. The number of nitrogen functional groups attached to an aromatic ring is 2. The van der Waals surface area contributed by atoms with Gasteiger partial charge in [-0.15, -0.1) is 0 Å². The molecule has 0 unspecified atom stereocenters. The monoisotopic (exact) mass is 444 g/mol. The highest BCUT2D eigenvalue weighted by molar-refractivity contribution is 8.76. The van der Waals surface area contributed by atoms with Gasteiger partial charge in [0, 0.05) is 24.6 Å². The van der Waals surface area contributed by atoms with Gasteiger partial charge in [0.15, 0.2) is 22.9 Å². The number of aromatic nitrogens is 8. The van der Waals surface area contributed by atoms with Crippen LogP contribution in [0.3, 0.4) is 0 Å². The van der Waals surface area contributed by atoms with Crippen molar-refractivity contribution >= 4 is 55.6 Å². The van der Waals surface area contributed by atoms with E-state index in [1.54, 1.807) is 12.7 Å². The summed E-state index contributed by atoms with van der Waals surface area (Å²) in [7, 11) is 3.88. The summed E-state index contributed by atoms with van der Waals surface area (Å²) >= 11 is 0. The number of hydrogen-bond donors (Lipinski definition) is 2. The Balaban J connectivity index is 1.07. The van der Waals surface area contributed by atoms with E-state index in [9.17, 15) is 0 Å². The Morgan fingerprint density at radius 3 is 1.57 bits per heavy atom. The van der Waals surface area contributed by atoms with E-state index in [4.69, 9.17) is 11.5 Å². The van der Waals surface area contributed by atoms with Crippen LogP contribution in [0, 0.1) is 0 Å². The summed E-state index contributed by atoms with van der Waals surface area (Å²) in [5.41, 5.74) is 14.6. The van der Waals surface area contributed by atoms with E-state index in [0.29, 0.717) is 22.7 Å². The van der Waals surface area contributed by atoms with Crippen LogP contribution in [0.4, 0.5) is 11.6 Å². The largest absolute Gasteiger partial charge is 0.382 e. The maximum Gasteiger partial charge on any atom is 0.165 e. The van der Waals surface area contributed by atoms with E-state index < -0.39 is 0 Å². The van der Waals surface area contributed by atoms with Crippen LogP contribution >= 0.6 is 21.6 Å². The van der Waals surface area contributed by atoms with Crippen molar-refractivity contribution in [1.29, 1.82) is 0 Å². The summed E-state index contributed by atoms with van der Waals surface area (Å²) in [5, 5.41) is 0. The molecule has 0 fully saturated rings. The number of hydrogen-bond acceptors (Lipinski definition) is 10. The van der Waals surface area contributed by atoms with Gasteiger partial charge in [-0.25, -0.2) is 29.9 Å². The van der Waals surface area contributed by atoms with Crippen molar-refractivity contribution in [3.8, 4) is 0 Å². The molecular formula is C18H24N10S2. The Morgan fingerprint density at radius 1 is 0.633 bits per heavy atom. The van der Waals surface area contributed by atoms with Gasteiger partial charge in [0.2, 0.25) is 0 Å². The summed E-state index contributed by atoms with van der Waals surface area (Å²) in [6, 6.07) is 0. The molecule has 0 aromatic carbocycles. The fourth-order valence-corrected chi connectivity index (χ4v) is 5.42. The molecular weight excluding hydrogens is 420 g/mol. The van der Waals surface area contributed by atoms with Crippen LogP contribution in [0.1, 0.15) is 25.7 Å². The topological polar surface area (TPSA) is 139 Å². The zero-order valence-corrected chi connectivity index (χ0v) is 18.1. The molecule has 4 rings (SSSR count). The van der Waals surface area contributed by atoms with Crippen molar-refractivity contribution in [2.75, 3.05) is 23.0 Å². The van der Waals surface area contributed by atoms with Gasteiger partial charge in [0.25, 0.3) is 0 Å². The molecule has 0 spiro atoms. The standard InChI is InChI=1S/C18H24N10S2/c19-15-13-17(23-9-21-15)27(11-25-13)5-1-3-7-29-30-8-4-2-6-28-12-26-14-16(20)22-10-24-18(14)28/h9-12H,1-8H2,(H2,19,21,23)(H2,20,22,24). The molecule has 12 heteroatoms. The molecule has 0 atom stereocenters. The number of rotatable bonds is 11. The zero-order valence-electron chi connectivity index (χ0n) is 16.5. The first kappa shape index (κ1) is 20.7. The van der Waals surface area contributed by atoms with Gasteiger partial charge in [-0.2, -0.15) is 0 Å². The van der Waals surface area contributed by atoms with Gasteiger partial charge < -0.3 is 20.6 Å². The fraction of sp³-hybridized carbons (Fsp3) is 0.444. The number of imidazole rings is 2. The molecule has 4 aromatic rings. The highest BCUT2D eigenvalue weighted by Crippen LogP contribution is 2.24. The number of unbranched alkanes of at least 4 members (excludes halogenated alkanes) is 2. The van der Waals surface area contributed by atoms with Crippen molar-refractivity contribution in [3.63, 3.8) is 0 Å². The van der Waals surface area contributed by atoms with Crippen LogP contribution in [0.5, 0.6) is 0 Å². The predicted octanol–water partition coefficient (Wildman–Crippen LogP) is 2.77. The maximum absolute atomic E-state index is 5.82. The smallest absolute Gasteiger partial charge is 0.165 e. The Labute approximate surface area is 181 Å². The lowest BCUT2D eigenvalue weighted by atomic mass is 10.3. The second-order valence-electron chi connectivity index (χ2n) is 6.80. The number of aryl methyl sites for hydroxylation is 2. The maximum atomic E-state index is 5.82. The lowest BCUT2D eigenvalue weighted by Crippen LogP contribution is -2.00. The molecule has 10 nitrogen and oxygen atoms in total. The first-order chi connectivity index (χ1) is 14.7. The average Bonchev–Trinajstić information content (AvgIpc) is 3.35. The summed E-state index contributed by atoms with van der Waals surface area (Å²) in [5.74, 6) is 3.14. The molecule has 4 N–H and O–H groups in total. The zero-order chi connectivity index (χ0) is 20.8. The normalized spacial score (nSPS) is 11.6. The van der Waals surface area contributed by atoms with Crippen LogP contribution < -0.4 is 11.5 Å². The molecule has 4 aromatic heterocycles. The number of fused-ring (bicyclic) bond motifs is 2. The van der Waals surface area contributed by atoms with E-state index in [1.165, 1.54) is 12.7 Å². The van der Waals surface area contributed by atoms with Crippen LogP contribution in [0.25, 0.3) is 22.3 Å². The molecule has 0 saturated heterocycles. The van der Waals surface area contributed by atoms with E-state index in [0.717, 1.165) is 61.6 Å². The quantitative estimate of drug-likeness (QED) is 0.262. The summed E-state index contributed by atoms with van der Waals surface area (Å²) in [4.78, 5) is 25.1. The third-order valence-electron chi connectivity index (χ3n) is 4.70. The van der Waals surface area contributed by atoms with Crippen LogP contribution in [-0.2, 0) is 13.1 Å². The first-order valence-corrected chi connectivity index (χ1v) is 12.3. The Hall–Kier alpha value is -2.60. The van der Waals surface area contributed by atoms with Crippen molar-refractivity contribution in [2.45, 2.75) is 38.8 Å². The van der Waals surface area contributed by atoms with Crippen molar-refractivity contribution < 1.29 is 0 Å². The molecule has 0 bridgehead atoms. The van der Waals surface area contributed by atoms with Crippen LogP contribution in [-0.4, -0.2) is 50.5 Å². The molecule has 0 saturated carbocycles. The molecule has 0 aliphatic heterocycles. The van der Waals surface area contributed by atoms with E-state index in [-0.39, 0.29) is 0 Å². The van der Waals surface area contributed by atoms with Crippen molar-refractivity contribution in [1.82, 2.24) is 39.0 Å². The number of nitrogens with zero attached hydrogens (tertiary/aromatic N) is 8. The summed E-state index contributed by atoms with van der Waals surface area (Å²) in [6.07, 6.45) is 11.0. The Bertz CT molecular complexity index is 1020. The van der Waals surface area contributed by atoms with E-state index in [1.807, 2.05) is 30.7 Å². The highest BCUT2D eigenvalue weighted by Gasteiger charge is 2.08. The van der Waals surface area contributed by atoms with Crippen molar-refractivity contribution in [2.24, 2.45) is 0 Å². The second-order valence-corrected chi connectivity index (χ2v) is 9.50. The third kappa shape index (κ3) is 4.75. The van der Waals surface area contributed by atoms with E-state index >= 15 is 0 Å². The first-order valence-electron chi connectivity index (χ1n) is 9.81. The van der Waals surface area contributed by atoms with Gasteiger partial charge in [-0.3, -0.25) is 0 Å². The molecule has 0 aliphatic rings. The van der Waals surface area contributed by atoms with Crippen molar-refractivity contribution in [3.05, 3.63) is 25.3 Å². The Kier molecular flexibility index (Phi) is 6.84. The van der Waals surface area contributed by atoms with Gasteiger partial charge >= 0.3 is 0 Å². The molecule has 0 aliphatic carbocycles. The summed E-state index contributed by atoms with van der Waals surface area (Å²) in [6.45, 7) is 1.79. The van der Waals surface area contributed by atoms with Crippen LogP contribution in [0.2, 0.25) is 0 Å². The minimum atomic E-state index is 0.435. The lowest BCUT2D eigenvalue weighted by Gasteiger charge is -2.05. The number of nitrogens with two attached hydrogens (primary N) is 2. The Morgan fingerprint density at radius 2 is 1.10 bits per heavy atom. The van der Waals surface area contributed by atoms with E-state index in [2.05, 4.69) is 29.9 Å². The molecule has 4 heterocycles. The minimum Gasteiger partial charge on any atom is -0.382 e. The SMILES string of the molecule is Nc1ncnc2c1ncn2CCCCSSCCCCn1cnc2c(N)ncnc21. The van der Waals surface area contributed by atoms with Crippen LogP contribution in [0.15, 0.2) is 25.3 Å². The number of anilines is 2. The average molecular weight is 445 g/mol. The third-order valence-corrected chi connectivity index (χ3v) is 7.27. The minimum absolute atomic E-state index is 0.435. The van der Waals surface area contributed by atoms with Gasteiger partial charge in [-0.05, 0) is 25.7 Å². The van der Waals surface area contributed by atoms with Gasteiger partial charge in [0.05, 0.1) is 12.7 Å². The molecule has 0 radical (unpaired) electrons. The molecule has 158 valence electrons.